The Bertz CT molecular complexity index is 810. The summed E-state index contributed by atoms with van der Waals surface area (Å²) >= 11 is 0. The van der Waals surface area contributed by atoms with E-state index in [1.54, 1.807) is 18.2 Å². The third-order valence-corrected chi connectivity index (χ3v) is 3.78. The van der Waals surface area contributed by atoms with Gasteiger partial charge in [0.15, 0.2) is 5.96 Å². The first-order chi connectivity index (χ1) is 13.5. The first kappa shape index (κ1) is 21.2. The molecule has 28 heavy (non-hydrogen) atoms. The van der Waals surface area contributed by atoms with Gasteiger partial charge in [0.1, 0.15) is 18.2 Å². The molecule has 0 bridgehead atoms. The summed E-state index contributed by atoms with van der Waals surface area (Å²) in [5.74, 6) is 1.02. The van der Waals surface area contributed by atoms with Crippen molar-refractivity contribution in [3.05, 3.63) is 59.9 Å². The number of guanidine groups is 1. The maximum absolute atomic E-state index is 13.4. The van der Waals surface area contributed by atoms with Gasteiger partial charge in [-0.1, -0.05) is 18.2 Å². The second kappa shape index (κ2) is 10.9. The van der Waals surface area contributed by atoms with Crippen LogP contribution in [0.4, 0.5) is 10.1 Å². The van der Waals surface area contributed by atoms with Crippen LogP contribution in [-0.4, -0.2) is 43.5 Å². The summed E-state index contributed by atoms with van der Waals surface area (Å²) in [5, 5.41) is 5.95. The van der Waals surface area contributed by atoms with E-state index in [2.05, 4.69) is 15.6 Å². The largest absolute Gasteiger partial charge is 0.492 e. The van der Waals surface area contributed by atoms with E-state index in [9.17, 15) is 9.18 Å². The van der Waals surface area contributed by atoms with Crippen molar-refractivity contribution >= 4 is 17.6 Å². The molecule has 0 spiro atoms. The van der Waals surface area contributed by atoms with Crippen molar-refractivity contribution in [1.82, 2.24) is 10.2 Å². The van der Waals surface area contributed by atoms with Crippen molar-refractivity contribution in [2.24, 2.45) is 4.99 Å². The van der Waals surface area contributed by atoms with Gasteiger partial charge in [0.2, 0.25) is 5.91 Å². The van der Waals surface area contributed by atoms with Gasteiger partial charge in [-0.3, -0.25) is 4.79 Å². The fraction of sp³-hybridized carbons (Fsp3) is 0.333. The Balaban J connectivity index is 1.90. The Kier molecular flexibility index (Phi) is 8.27. The van der Waals surface area contributed by atoms with Gasteiger partial charge in [-0.25, -0.2) is 9.38 Å². The lowest BCUT2D eigenvalue weighted by molar-refractivity contribution is -0.114. The molecule has 0 aliphatic rings. The highest BCUT2D eigenvalue weighted by Crippen LogP contribution is 2.17. The number of hydrogen-bond acceptors (Lipinski definition) is 3. The first-order valence-corrected chi connectivity index (χ1v) is 9.22. The van der Waals surface area contributed by atoms with Crippen LogP contribution in [0.3, 0.4) is 0 Å². The first-order valence-electron chi connectivity index (χ1n) is 9.22. The van der Waals surface area contributed by atoms with Crippen LogP contribution in [0.15, 0.2) is 53.5 Å². The number of carbonyl (C=O) groups excluding carboxylic acids is 1. The molecule has 0 aliphatic carbocycles. The molecule has 0 atom stereocenters. The van der Waals surface area contributed by atoms with E-state index in [1.165, 1.54) is 19.1 Å². The SMILES string of the molecule is CCNC(=NCCOc1cccc(NC(C)=O)c1)N(C)Cc1cccc(F)c1. The molecule has 2 aromatic rings. The minimum Gasteiger partial charge on any atom is -0.492 e. The zero-order valence-corrected chi connectivity index (χ0v) is 16.5. The zero-order valence-electron chi connectivity index (χ0n) is 16.5. The number of nitrogens with zero attached hydrogens (tertiary/aromatic N) is 2. The van der Waals surface area contributed by atoms with E-state index in [4.69, 9.17) is 4.74 Å². The summed E-state index contributed by atoms with van der Waals surface area (Å²) in [6.45, 7) is 5.59. The molecule has 0 aliphatic heterocycles. The van der Waals surface area contributed by atoms with Gasteiger partial charge < -0.3 is 20.3 Å². The Hall–Kier alpha value is -3.09. The number of amides is 1. The number of halogens is 1. The minimum absolute atomic E-state index is 0.127. The van der Waals surface area contributed by atoms with Crippen molar-refractivity contribution in [1.29, 1.82) is 0 Å². The Morgan fingerprint density at radius 1 is 1.21 bits per heavy atom. The molecule has 7 heteroatoms. The molecule has 0 radical (unpaired) electrons. The smallest absolute Gasteiger partial charge is 0.221 e. The lowest BCUT2D eigenvalue weighted by atomic mass is 10.2. The van der Waals surface area contributed by atoms with Crippen molar-refractivity contribution in [2.45, 2.75) is 20.4 Å². The van der Waals surface area contributed by atoms with Crippen molar-refractivity contribution in [2.75, 3.05) is 32.1 Å². The molecular formula is C21H27FN4O2. The molecular weight excluding hydrogens is 359 g/mol. The normalized spacial score (nSPS) is 11.1. The minimum atomic E-state index is -0.247. The van der Waals surface area contributed by atoms with Gasteiger partial charge in [-0.05, 0) is 36.8 Å². The highest BCUT2D eigenvalue weighted by atomic mass is 19.1. The van der Waals surface area contributed by atoms with E-state index >= 15 is 0 Å². The van der Waals surface area contributed by atoms with Gasteiger partial charge in [-0.15, -0.1) is 0 Å². The maximum Gasteiger partial charge on any atom is 0.221 e. The van der Waals surface area contributed by atoms with Gasteiger partial charge in [0.05, 0.1) is 6.54 Å². The van der Waals surface area contributed by atoms with E-state index in [0.29, 0.717) is 31.1 Å². The van der Waals surface area contributed by atoms with Crippen LogP contribution in [0, 0.1) is 5.82 Å². The second-order valence-electron chi connectivity index (χ2n) is 6.28. The van der Waals surface area contributed by atoms with Crippen molar-refractivity contribution in [3.8, 4) is 5.75 Å². The van der Waals surface area contributed by atoms with Gasteiger partial charge in [0, 0.05) is 38.8 Å². The fourth-order valence-corrected chi connectivity index (χ4v) is 2.64. The van der Waals surface area contributed by atoms with Crippen LogP contribution in [0.1, 0.15) is 19.4 Å². The summed E-state index contributed by atoms with van der Waals surface area (Å²) in [7, 11) is 1.91. The molecule has 150 valence electrons. The molecule has 1 amide bonds. The van der Waals surface area contributed by atoms with E-state index < -0.39 is 0 Å². The van der Waals surface area contributed by atoms with Gasteiger partial charge >= 0.3 is 0 Å². The predicted molar refractivity (Wildman–Crippen MR) is 110 cm³/mol. The molecule has 2 aromatic carbocycles. The molecule has 2 rings (SSSR count). The van der Waals surface area contributed by atoms with Crippen LogP contribution in [-0.2, 0) is 11.3 Å². The predicted octanol–water partition coefficient (Wildman–Crippen LogP) is 3.26. The summed E-state index contributed by atoms with van der Waals surface area (Å²) in [6, 6.07) is 13.8. The third-order valence-electron chi connectivity index (χ3n) is 3.78. The van der Waals surface area contributed by atoms with E-state index in [-0.39, 0.29) is 11.7 Å². The Labute approximate surface area is 165 Å². The highest BCUT2D eigenvalue weighted by molar-refractivity contribution is 5.88. The van der Waals surface area contributed by atoms with Crippen LogP contribution < -0.4 is 15.4 Å². The zero-order chi connectivity index (χ0) is 20.4. The fourth-order valence-electron chi connectivity index (χ4n) is 2.64. The average molecular weight is 386 g/mol. The molecule has 0 aromatic heterocycles. The highest BCUT2D eigenvalue weighted by Gasteiger charge is 2.07. The van der Waals surface area contributed by atoms with Gasteiger partial charge in [-0.2, -0.15) is 0 Å². The number of anilines is 1. The van der Waals surface area contributed by atoms with Crippen LogP contribution in [0.2, 0.25) is 0 Å². The molecule has 6 nitrogen and oxygen atoms in total. The number of carbonyl (C=O) groups is 1. The Morgan fingerprint density at radius 3 is 2.71 bits per heavy atom. The average Bonchev–Trinajstić information content (AvgIpc) is 2.64. The molecule has 0 saturated carbocycles. The van der Waals surface area contributed by atoms with Crippen LogP contribution in [0.5, 0.6) is 5.75 Å². The molecule has 0 fully saturated rings. The van der Waals surface area contributed by atoms with E-state index in [1.807, 2.05) is 37.1 Å². The standard InChI is InChI=1S/C21H27FN4O2/c1-4-23-21(26(3)15-17-7-5-8-18(22)13-17)24-11-12-28-20-10-6-9-19(14-20)25-16(2)27/h5-10,13-14H,4,11-12,15H2,1-3H3,(H,23,24)(H,25,27). The monoisotopic (exact) mass is 386 g/mol. The molecule has 2 N–H and O–H groups in total. The number of hydrogen-bond donors (Lipinski definition) is 2. The summed E-state index contributed by atoms with van der Waals surface area (Å²) in [6.07, 6.45) is 0. The molecule has 0 heterocycles. The van der Waals surface area contributed by atoms with Crippen LogP contribution >= 0.6 is 0 Å². The number of benzene rings is 2. The van der Waals surface area contributed by atoms with Gasteiger partial charge in [0.25, 0.3) is 0 Å². The van der Waals surface area contributed by atoms with Crippen LogP contribution in [0.25, 0.3) is 0 Å². The molecule has 0 saturated heterocycles. The topological polar surface area (TPSA) is 66.0 Å². The third kappa shape index (κ3) is 7.26. The van der Waals surface area contributed by atoms with Crippen molar-refractivity contribution < 1.29 is 13.9 Å². The summed E-state index contributed by atoms with van der Waals surface area (Å²) in [4.78, 5) is 17.6. The lowest BCUT2D eigenvalue weighted by Crippen LogP contribution is -2.38. The summed E-state index contributed by atoms with van der Waals surface area (Å²) in [5.41, 5.74) is 1.57. The lowest BCUT2D eigenvalue weighted by Gasteiger charge is -2.22. The second-order valence-corrected chi connectivity index (χ2v) is 6.28. The number of ether oxygens (including phenoxy) is 1. The van der Waals surface area contributed by atoms with E-state index in [0.717, 1.165) is 18.1 Å². The Morgan fingerprint density at radius 2 is 2.00 bits per heavy atom. The number of rotatable bonds is 8. The van der Waals surface area contributed by atoms with Crippen molar-refractivity contribution in [3.63, 3.8) is 0 Å². The maximum atomic E-state index is 13.4. The number of aliphatic imine (C=N–C) groups is 1. The quantitative estimate of drug-likeness (QED) is 0.415. The summed E-state index contributed by atoms with van der Waals surface area (Å²) < 4.78 is 19.1. The number of nitrogens with one attached hydrogen (secondary N) is 2. The molecule has 0 unspecified atom stereocenters.